The number of carbonyl (C=O) groups is 1. The van der Waals surface area contributed by atoms with Gasteiger partial charge >= 0.3 is 0 Å². The fourth-order valence-electron chi connectivity index (χ4n) is 1.42. The minimum Gasteiger partial charge on any atom is -0.354 e. The maximum atomic E-state index is 11.4. The van der Waals surface area contributed by atoms with E-state index in [1.807, 2.05) is 6.26 Å². The Hall–Kier alpha value is -0.220. The molecule has 0 aromatic heterocycles. The van der Waals surface area contributed by atoms with E-state index < -0.39 is 0 Å². The van der Waals surface area contributed by atoms with Crippen LogP contribution in [0.5, 0.6) is 0 Å². The summed E-state index contributed by atoms with van der Waals surface area (Å²) in [5, 5.41) is 2.91. The number of nitrogens with two attached hydrogens (primary N) is 1. The Kier molecular flexibility index (Phi) is 4.75. The molecule has 0 aromatic rings. The van der Waals surface area contributed by atoms with Gasteiger partial charge in [-0.25, -0.2) is 0 Å². The van der Waals surface area contributed by atoms with E-state index in [1.54, 1.807) is 11.8 Å². The van der Waals surface area contributed by atoms with Crippen molar-refractivity contribution in [3.63, 3.8) is 0 Å². The van der Waals surface area contributed by atoms with Crippen LogP contribution in [0, 0.1) is 11.8 Å². The Balaban J connectivity index is 2.07. The van der Waals surface area contributed by atoms with Crippen LogP contribution in [-0.4, -0.2) is 30.5 Å². The van der Waals surface area contributed by atoms with Crippen molar-refractivity contribution in [1.82, 2.24) is 5.32 Å². The molecule has 0 spiro atoms. The van der Waals surface area contributed by atoms with Crippen LogP contribution in [0.4, 0.5) is 0 Å². The van der Waals surface area contributed by atoms with E-state index in [-0.39, 0.29) is 11.9 Å². The molecular weight excluding hydrogens is 196 g/mol. The number of carbonyl (C=O) groups excluding carboxylic acids is 1. The van der Waals surface area contributed by atoms with Gasteiger partial charge in [-0.3, -0.25) is 4.79 Å². The van der Waals surface area contributed by atoms with Crippen molar-refractivity contribution < 1.29 is 4.79 Å². The Morgan fingerprint density at radius 2 is 2.36 bits per heavy atom. The first-order chi connectivity index (χ1) is 6.65. The Bertz CT molecular complexity index is 199. The van der Waals surface area contributed by atoms with Crippen molar-refractivity contribution in [3.05, 3.63) is 0 Å². The predicted octanol–water partition coefficient (Wildman–Crippen LogP) is 0.839. The van der Waals surface area contributed by atoms with Crippen molar-refractivity contribution in [2.75, 3.05) is 18.6 Å². The van der Waals surface area contributed by atoms with Gasteiger partial charge < -0.3 is 11.1 Å². The molecule has 1 amide bonds. The summed E-state index contributed by atoms with van der Waals surface area (Å²) in [6.07, 6.45) is 4.05. The summed E-state index contributed by atoms with van der Waals surface area (Å²) in [4.78, 5) is 11.4. The third-order valence-electron chi connectivity index (χ3n) is 2.78. The zero-order valence-electron chi connectivity index (χ0n) is 8.95. The van der Waals surface area contributed by atoms with Gasteiger partial charge in [0, 0.05) is 6.54 Å². The number of hydrogen-bond donors (Lipinski definition) is 2. The number of nitrogens with one attached hydrogen (secondary N) is 1. The van der Waals surface area contributed by atoms with Gasteiger partial charge in [0.25, 0.3) is 0 Å². The summed E-state index contributed by atoms with van der Waals surface area (Å²) in [5.74, 6) is 2.46. The zero-order valence-corrected chi connectivity index (χ0v) is 9.77. The minimum absolute atomic E-state index is 0.0122. The molecule has 4 heteroatoms. The van der Waals surface area contributed by atoms with E-state index >= 15 is 0 Å². The predicted molar refractivity (Wildman–Crippen MR) is 61.3 cm³/mol. The summed E-state index contributed by atoms with van der Waals surface area (Å²) < 4.78 is 0. The van der Waals surface area contributed by atoms with Crippen LogP contribution >= 0.6 is 11.8 Å². The van der Waals surface area contributed by atoms with Crippen LogP contribution in [0.3, 0.4) is 0 Å². The van der Waals surface area contributed by atoms with Crippen molar-refractivity contribution in [2.45, 2.75) is 25.8 Å². The molecule has 3 nitrogen and oxygen atoms in total. The fourth-order valence-corrected chi connectivity index (χ4v) is 1.91. The number of hydrogen-bond acceptors (Lipinski definition) is 3. The average Bonchev–Trinajstić information content (AvgIpc) is 2.87. The lowest BCUT2D eigenvalue weighted by Crippen LogP contribution is -2.41. The molecule has 2 unspecified atom stereocenters. The van der Waals surface area contributed by atoms with Gasteiger partial charge in [0.15, 0.2) is 0 Å². The second-order valence-corrected chi connectivity index (χ2v) is 5.09. The first-order valence-corrected chi connectivity index (χ1v) is 6.56. The number of rotatable bonds is 6. The Labute approximate surface area is 90.2 Å². The molecule has 3 atom stereocenters. The Morgan fingerprint density at radius 1 is 1.71 bits per heavy atom. The van der Waals surface area contributed by atoms with Gasteiger partial charge in [0.1, 0.15) is 0 Å². The highest BCUT2D eigenvalue weighted by molar-refractivity contribution is 7.98. The first-order valence-electron chi connectivity index (χ1n) is 5.17. The molecule has 0 bridgehead atoms. The van der Waals surface area contributed by atoms with E-state index in [0.717, 1.165) is 24.6 Å². The van der Waals surface area contributed by atoms with Crippen molar-refractivity contribution in [3.8, 4) is 0 Å². The van der Waals surface area contributed by atoms with Crippen molar-refractivity contribution in [2.24, 2.45) is 17.6 Å². The van der Waals surface area contributed by atoms with E-state index in [0.29, 0.717) is 5.92 Å². The van der Waals surface area contributed by atoms with Gasteiger partial charge in [-0.15, -0.1) is 0 Å². The molecule has 0 heterocycles. The second-order valence-electron chi connectivity index (χ2n) is 4.11. The van der Waals surface area contributed by atoms with Crippen LogP contribution in [0.15, 0.2) is 0 Å². The highest BCUT2D eigenvalue weighted by Gasteiger charge is 2.32. The lowest BCUT2D eigenvalue weighted by molar-refractivity contribution is -0.122. The highest BCUT2D eigenvalue weighted by atomic mass is 32.2. The molecule has 0 saturated heterocycles. The lowest BCUT2D eigenvalue weighted by atomic mass is 10.2. The maximum Gasteiger partial charge on any atom is 0.236 e. The monoisotopic (exact) mass is 216 g/mol. The molecule has 0 radical (unpaired) electrons. The van der Waals surface area contributed by atoms with Gasteiger partial charge in [0.2, 0.25) is 5.91 Å². The summed E-state index contributed by atoms with van der Waals surface area (Å²) in [6, 6.07) is -0.323. The van der Waals surface area contributed by atoms with Crippen LogP contribution in [0.1, 0.15) is 19.8 Å². The fraction of sp³-hybridized carbons (Fsp3) is 0.900. The van der Waals surface area contributed by atoms with E-state index in [1.165, 1.54) is 6.42 Å². The molecule has 3 N–H and O–H groups in total. The summed E-state index contributed by atoms with van der Waals surface area (Å²) in [7, 11) is 0. The molecule has 0 aliphatic heterocycles. The van der Waals surface area contributed by atoms with E-state index in [4.69, 9.17) is 5.73 Å². The molecule has 0 aromatic carbocycles. The lowest BCUT2D eigenvalue weighted by Gasteiger charge is -2.11. The van der Waals surface area contributed by atoms with Crippen LogP contribution in [0.25, 0.3) is 0 Å². The molecule has 1 rings (SSSR count). The summed E-state index contributed by atoms with van der Waals surface area (Å²) >= 11 is 1.72. The third-order valence-corrected chi connectivity index (χ3v) is 3.43. The summed E-state index contributed by atoms with van der Waals surface area (Å²) in [5.41, 5.74) is 5.72. The minimum atomic E-state index is -0.323. The standard InChI is InChI=1S/C10H20N2OS/c1-7-5-8(7)6-12-10(13)9(11)3-4-14-2/h7-9H,3-6,11H2,1-2H3,(H,12,13)/t7?,8?,9-/m1/s1. The molecular formula is C10H20N2OS. The quantitative estimate of drug-likeness (QED) is 0.692. The topological polar surface area (TPSA) is 55.1 Å². The molecule has 1 aliphatic rings. The van der Waals surface area contributed by atoms with E-state index in [2.05, 4.69) is 12.2 Å². The average molecular weight is 216 g/mol. The number of amides is 1. The highest BCUT2D eigenvalue weighted by Crippen LogP contribution is 2.36. The van der Waals surface area contributed by atoms with E-state index in [9.17, 15) is 4.79 Å². The summed E-state index contributed by atoms with van der Waals surface area (Å²) in [6.45, 7) is 3.03. The van der Waals surface area contributed by atoms with Gasteiger partial charge in [-0.05, 0) is 36.7 Å². The smallest absolute Gasteiger partial charge is 0.236 e. The molecule has 14 heavy (non-hydrogen) atoms. The van der Waals surface area contributed by atoms with Crippen LogP contribution in [-0.2, 0) is 4.79 Å². The number of thioether (sulfide) groups is 1. The van der Waals surface area contributed by atoms with Gasteiger partial charge in [-0.2, -0.15) is 11.8 Å². The SMILES string of the molecule is CSCC[C@@H](N)C(=O)NCC1CC1C. The molecule has 1 fully saturated rings. The van der Waals surface area contributed by atoms with Gasteiger partial charge in [0.05, 0.1) is 6.04 Å². The van der Waals surface area contributed by atoms with Gasteiger partial charge in [-0.1, -0.05) is 6.92 Å². The molecule has 1 saturated carbocycles. The molecule has 82 valence electrons. The van der Waals surface area contributed by atoms with Crippen molar-refractivity contribution >= 4 is 17.7 Å². The normalized spacial score (nSPS) is 27.1. The zero-order chi connectivity index (χ0) is 10.6. The maximum absolute atomic E-state index is 11.4. The van der Waals surface area contributed by atoms with Crippen LogP contribution < -0.4 is 11.1 Å². The molecule has 1 aliphatic carbocycles. The van der Waals surface area contributed by atoms with Crippen LogP contribution in [0.2, 0.25) is 0 Å². The second kappa shape index (κ2) is 5.61. The first kappa shape index (κ1) is 11.9. The van der Waals surface area contributed by atoms with Crippen molar-refractivity contribution in [1.29, 1.82) is 0 Å². The Morgan fingerprint density at radius 3 is 2.86 bits per heavy atom. The third kappa shape index (κ3) is 3.88. The largest absolute Gasteiger partial charge is 0.354 e.